The molecule has 24 heavy (non-hydrogen) atoms. The minimum Gasteiger partial charge on any atom is -0.354 e. The number of carbonyl (C=O) groups excluding carboxylic acids is 1. The van der Waals surface area contributed by atoms with Gasteiger partial charge in [0.05, 0.1) is 0 Å². The Morgan fingerprint density at radius 1 is 1.00 bits per heavy atom. The van der Waals surface area contributed by atoms with Gasteiger partial charge in [0.15, 0.2) is 0 Å². The summed E-state index contributed by atoms with van der Waals surface area (Å²) in [6.45, 7) is 3.31. The first kappa shape index (κ1) is 20.0. The molecule has 1 heterocycles. The highest BCUT2D eigenvalue weighted by atomic mass is 35.5. The quantitative estimate of drug-likeness (QED) is 0.812. The van der Waals surface area contributed by atoms with E-state index in [0.29, 0.717) is 0 Å². The van der Waals surface area contributed by atoms with Gasteiger partial charge in [-0.25, -0.2) is 0 Å². The highest BCUT2D eigenvalue weighted by molar-refractivity contribution is 5.85. The fourth-order valence-electron chi connectivity index (χ4n) is 5.04. The van der Waals surface area contributed by atoms with E-state index >= 15 is 0 Å². The van der Waals surface area contributed by atoms with Crippen molar-refractivity contribution in [2.45, 2.75) is 88.6 Å². The van der Waals surface area contributed by atoms with Crippen molar-refractivity contribution in [1.29, 1.82) is 0 Å². The lowest BCUT2D eigenvalue weighted by molar-refractivity contribution is -0.127. The van der Waals surface area contributed by atoms with Crippen LogP contribution in [0.3, 0.4) is 0 Å². The van der Waals surface area contributed by atoms with Crippen molar-refractivity contribution in [2.24, 2.45) is 11.7 Å². The monoisotopic (exact) mass is 357 g/mol. The first-order valence-corrected chi connectivity index (χ1v) is 9.98. The van der Waals surface area contributed by atoms with Crippen molar-refractivity contribution < 1.29 is 4.79 Å². The lowest BCUT2D eigenvalue weighted by Gasteiger charge is -2.48. The summed E-state index contributed by atoms with van der Waals surface area (Å²) >= 11 is 0. The van der Waals surface area contributed by atoms with Gasteiger partial charge < -0.3 is 11.1 Å². The van der Waals surface area contributed by atoms with Crippen LogP contribution in [0.15, 0.2) is 0 Å². The first-order valence-electron chi connectivity index (χ1n) is 9.98. The Bertz CT molecular complexity index is 392. The van der Waals surface area contributed by atoms with Crippen molar-refractivity contribution in [3.8, 4) is 0 Å². The Morgan fingerprint density at radius 2 is 1.67 bits per heavy atom. The fourth-order valence-corrected chi connectivity index (χ4v) is 5.04. The summed E-state index contributed by atoms with van der Waals surface area (Å²) in [5, 5.41) is 3.34. The topological polar surface area (TPSA) is 58.4 Å². The van der Waals surface area contributed by atoms with Crippen LogP contribution in [0.25, 0.3) is 0 Å². The van der Waals surface area contributed by atoms with Crippen LogP contribution in [-0.4, -0.2) is 42.0 Å². The molecule has 1 amide bonds. The number of piperidine rings is 1. The molecule has 3 fully saturated rings. The summed E-state index contributed by atoms with van der Waals surface area (Å²) in [6, 6.07) is 0.227. The molecule has 3 aliphatic rings. The second kappa shape index (κ2) is 9.40. The number of halogens is 1. The van der Waals surface area contributed by atoms with Crippen LogP contribution in [0.1, 0.15) is 77.0 Å². The first-order chi connectivity index (χ1) is 11.2. The highest BCUT2D eigenvalue weighted by Gasteiger charge is 2.39. The van der Waals surface area contributed by atoms with E-state index in [9.17, 15) is 4.79 Å². The Labute approximate surface area is 153 Å². The van der Waals surface area contributed by atoms with Gasteiger partial charge in [-0.1, -0.05) is 32.1 Å². The minimum atomic E-state index is 0. The van der Waals surface area contributed by atoms with Gasteiger partial charge >= 0.3 is 0 Å². The third kappa shape index (κ3) is 4.86. The molecule has 0 aromatic rings. The molecule has 3 N–H and O–H groups in total. The maximum Gasteiger partial charge on any atom is 0.223 e. The third-order valence-corrected chi connectivity index (χ3v) is 6.49. The van der Waals surface area contributed by atoms with E-state index in [1.807, 2.05) is 0 Å². The van der Waals surface area contributed by atoms with Crippen LogP contribution >= 0.6 is 12.4 Å². The predicted molar refractivity (Wildman–Crippen MR) is 101 cm³/mol. The Morgan fingerprint density at radius 3 is 2.33 bits per heavy atom. The van der Waals surface area contributed by atoms with Crippen molar-refractivity contribution >= 4 is 18.3 Å². The fraction of sp³-hybridized carbons (Fsp3) is 0.947. The second-order valence-electron chi connectivity index (χ2n) is 8.17. The number of amides is 1. The Kier molecular flexibility index (Phi) is 7.83. The molecule has 2 aliphatic carbocycles. The average molecular weight is 358 g/mol. The van der Waals surface area contributed by atoms with E-state index in [1.54, 1.807) is 0 Å². The lowest BCUT2D eigenvalue weighted by atomic mass is 9.78. The van der Waals surface area contributed by atoms with E-state index in [2.05, 4.69) is 10.2 Å². The second-order valence-corrected chi connectivity index (χ2v) is 8.17. The van der Waals surface area contributed by atoms with Crippen LogP contribution in [0.4, 0.5) is 0 Å². The van der Waals surface area contributed by atoms with Crippen LogP contribution in [0.5, 0.6) is 0 Å². The number of nitrogens with zero attached hydrogens (tertiary/aromatic N) is 1. The number of likely N-dealkylation sites (tertiary alicyclic amines) is 1. The molecule has 2 saturated carbocycles. The van der Waals surface area contributed by atoms with Crippen LogP contribution in [-0.2, 0) is 4.79 Å². The molecule has 2 atom stereocenters. The largest absolute Gasteiger partial charge is 0.354 e. The molecule has 4 nitrogen and oxygen atoms in total. The number of hydrogen-bond acceptors (Lipinski definition) is 3. The van der Waals surface area contributed by atoms with E-state index in [-0.39, 0.29) is 35.8 Å². The van der Waals surface area contributed by atoms with Gasteiger partial charge in [0.2, 0.25) is 5.91 Å². The van der Waals surface area contributed by atoms with Crippen LogP contribution in [0, 0.1) is 5.92 Å². The standard InChI is InChI=1S/C19H35N3O.ClH/c20-17-9-7-8-16(14-17)18(23)21-15-19(10-3-1-4-11-19)22-12-5-2-6-13-22;/h16-17H,1-15,20H2,(H,21,23);1H. The summed E-state index contributed by atoms with van der Waals surface area (Å²) in [5.41, 5.74) is 6.30. The number of rotatable bonds is 4. The molecule has 0 spiro atoms. The van der Waals surface area contributed by atoms with Gasteiger partial charge in [-0.15, -0.1) is 12.4 Å². The summed E-state index contributed by atoms with van der Waals surface area (Å²) in [4.78, 5) is 15.3. The third-order valence-electron chi connectivity index (χ3n) is 6.49. The molecule has 3 rings (SSSR count). The summed E-state index contributed by atoms with van der Waals surface area (Å²) < 4.78 is 0. The number of carbonyl (C=O) groups is 1. The molecule has 140 valence electrons. The SMILES string of the molecule is Cl.NC1CCCC(C(=O)NCC2(N3CCCCC3)CCCCC2)C1. The van der Waals surface area contributed by atoms with Gasteiger partial charge in [-0.3, -0.25) is 9.69 Å². The maximum atomic E-state index is 12.6. The molecule has 0 bridgehead atoms. The van der Waals surface area contributed by atoms with Gasteiger partial charge in [-0.2, -0.15) is 0 Å². The maximum absolute atomic E-state index is 12.6. The molecule has 2 unspecified atom stereocenters. The molecule has 0 radical (unpaired) electrons. The smallest absolute Gasteiger partial charge is 0.223 e. The molecule has 5 heteroatoms. The Balaban J connectivity index is 0.00000208. The van der Waals surface area contributed by atoms with Crippen molar-refractivity contribution in [3.05, 3.63) is 0 Å². The van der Waals surface area contributed by atoms with Gasteiger partial charge in [-0.05, 0) is 58.0 Å². The zero-order chi connectivity index (χ0) is 16.1. The van der Waals surface area contributed by atoms with E-state index < -0.39 is 0 Å². The van der Waals surface area contributed by atoms with Crippen LogP contribution < -0.4 is 11.1 Å². The summed E-state index contributed by atoms with van der Waals surface area (Å²) in [5.74, 6) is 0.419. The van der Waals surface area contributed by atoms with Crippen LogP contribution in [0.2, 0.25) is 0 Å². The molecule has 1 aliphatic heterocycles. The summed E-state index contributed by atoms with van der Waals surface area (Å²) in [7, 11) is 0. The molecular weight excluding hydrogens is 322 g/mol. The van der Waals surface area contributed by atoms with E-state index in [1.165, 1.54) is 64.5 Å². The van der Waals surface area contributed by atoms with Crippen molar-refractivity contribution in [3.63, 3.8) is 0 Å². The van der Waals surface area contributed by atoms with Crippen molar-refractivity contribution in [1.82, 2.24) is 10.2 Å². The number of hydrogen-bond donors (Lipinski definition) is 2. The van der Waals surface area contributed by atoms with Gasteiger partial charge in [0.1, 0.15) is 0 Å². The molecule has 0 aromatic carbocycles. The normalized spacial score (nSPS) is 31.0. The molecule has 0 aromatic heterocycles. The van der Waals surface area contributed by atoms with E-state index in [0.717, 1.165) is 32.2 Å². The van der Waals surface area contributed by atoms with Gasteiger partial charge in [0, 0.05) is 24.0 Å². The molecular formula is C19H36ClN3O. The summed E-state index contributed by atoms with van der Waals surface area (Å²) in [6.07, 6.45) is 14.6. The number of nitrogens with two attached hydrogens (primary N) is 1. The highest BCUT2D eigenvalue weighted by Crippen LogP contribution is 2.35. The van der Waals surface area contributed by atoms with Gasteiger partial charge in [0.25, 0.3) is 0 Å². The van der Waals surface area contributed by atoms with E-state index in [4.69, 9.17) is 5.73 Å². The zero-order valence-electron chi connectivity index (χ0n) is 15.1. The molecule has 1 saturated heterocycles. The predicted octanol–water partition coefficient (Wildman–Crippen LogP) is 3.23. The number of nitrogens with one attached hydrogen (secondary N) is 1. The van der Waals surface area contributed by atoms with Crippen molar-refractivity contribution in [2.75, 3.05) is 19.6 Å². The Hall–Kier alpha value is -0.320. The average Bonchev–Trinajstić information content (AvgIpc) is 2.61. The minimum absolute atomic E-state index is 0. The zero-order valence-corrected chi connectivity index (χ0v) is 15.9. The lowest BCUT2D eigenvalue weighted by Crippen LogP contribution is -2.58.